The summed E-state index contributed by atoms with van der Waals surface area (Å²) >= 11 is 0. The molecular weight excluding hydrogens is 262 g/mol. The molecule has 1 N–H and O–H groups in total. The van der Waals surface area contributed by atoms with Crippen LogP contribution in [0.25, 0.3) is 0 Å². The van der Waals surface area contributed by atoms with E-state index in [1.807, 2.05) is 19.9 Å². The van der Waals surface area contributed by atoms with Gasteiger partial charge in [-0.05, 0) is 18.2 Å². The van der Waals surface area contributed by atoms with E-state index in [0.29, 0.717) is 12.6 Å². The molecule has 0 aliphatic rings. The van der Waals surface area contributed by atoms with Crippen molar-refractivity contribution >= 4 is 0 Å². The van der Waals surface area contributed by atoms with Gasteiger partial charge in [-0.1, -0.05) is 19.9 Å². The number of benzene rings is 1. The van der Waals surface area contributed by atoms with Crippen LogP contribution >= 0.6 is 0 Å². The number of ether oxygens (including phenoxy) is 1. The van der Waals surface area contributed by atoms with Crippen molar-refractivity contribution in [2.75, 3.05) is 0 Å². The molecule has 0 unspecified atom stereocenters. The molecule has 0 radical (unpaired) electrons. The highest BCUT2D eigenvalue weighted by Crippen LogP contribution is 2.23. The molecule has 0 amide bonds. The molecule has 106 valence electrons. The zero-order valence-corrected chi connectivity index (χ0v) is 11.4. The van der Waals surface area contributed by atoms with Crippen molar-refractivity contribution in [1.82, 2.24) is 10.3 Å². The van der Waals surface area contributed by atoms with Crippen LogP contribution < -0.4 is 10.1 Å². The summed E-state index contributed by atoms with van der Waals surface area (Å²) in [6, 6.07) is 8.76. The van der Waals surface area contributed by atoms with Crippen LogP contribution in [-0.4, -0.2) is 11.0 Å². The van der Waals surface area contributed by atoms with Gasteiger partial charge in [0.15, 0.2) is 11.6 Å². The molecule has 0 aliphatic carbocycles. The molecule has 0 aliphatic heterocycles. The van der Waals surface area contributed by atoms with Crippen LogP contribution in [0.4, 0.5) is 8.78 Å². The zero-order valence-electron chi connectivity index (χ0n) is 11.4. The molecule has 20 heavy (non-hydrogen) atoms. The zero-order chi connectivity index (χ0) is 14.5. The first-order valence-corrected chi connectivity index (χ1v) is 6.37. The number of hydrogen-bond donors (Lipinski definition) is 1. The van der Waals surface area contributed by atoms with E-state index in [0.717, 1.165) is 17.8 Å². The summed E-state index contributed by atoms with van der Waals surface area (Å²) in [4.78, 5) is 4.26. The Kier molecular flexibility index (Phi) is 4.63. The van der Waals surface area contributed by atoms with Crippen LogP contribution in [0.5, 0.6) is 11.6 Å². The van der Waals surface area contributed by atoms with Gasteiger partial charge in [0.1, 0.15) is 5.82 Å². The third-order valence-electron chi connectivity index (χ3n) is 2.58. The van der Waals surface area contributed by atoms with Gasteiger partial charge in [0.05, 0.1) is 5.69 Å². The van der Waals surface area contributed by atoms with Crippen molar-refractivity contribution in [2.45, 2.75) is 26.4 Å². The highest BCUT2D eigenvalue weighted by atomic mass is 19.1. The number of nitrogens with zero attached hydrogens (tertiary/aromatic N) is 1. The Hall–Kier alpha value is -2.01. The number of halogens is 2. The Balaban J connectivity index is 2.11. The average molecular weight is 278 g/mol. The first kappa shape index (κ1) is 14.4. The van der Waals surface area contributed by atoms with Crippen LogP contribution in [0.3, 0.4) is 0 Å². The largest absolute Gasteiger partial charge is 0.436 e. The summed E-state index contributed by atoms with van der Waals surface area (Å²) in [6.07, 6.45) is 0. The Bertz CT molecular complexity index is 588. The second-order valence-corrected chi connectivity index (χ2v) is 4.68. The predicted octanol–water partition coefficient (Wildman–Crippen LogP) is 3.65. The first-order valence-electron chi connectivity index (χ1n) is 6.37. The Morgan fingerprint density at radius 2 is 2.00 bits per heavy atom. The second-order valence-electron chi connectivity index (χ2n) is 4.68. The lowest BCUT2D eigenvalue weighted by atomic mass is 10.3. The predicted molar refractivity (Wildman–Crippen MR) is 72.6 cm³/mol. The fraction of sp³-hybridized carbons (Fsp3) is 0.267. The molecule has 2 aromatic rings. The normalized spacial score (nSPS) is 10.8. The van der Waals surface area contributed by atoms with E-state index in [9.17, 15) is 8.78 Å². The lowest BCUT2D eigenvalue weighted by Crippen LogP contribution is -2.22. The minimum absolute atomic E-state index is 0.0483. The second kappa shape index (κ2) is 6.43. The number of hydrogen-bond acceptors (Lipinski definition) is 3. The highest BCUT2D eigenvalue weighted by molar-refractivity contribution is 5.29. The molecule has 0 spiro atoms. The quantitative estimate of drug-likeness (QED) is 0.906. The van der Waals surface area contributed by atoms with Crippen molar-refractivity contribution in [3.8, 4) is 11.6 Å². The Labute approximate surface area is 116 Å². The topological polar surface area (TPSA) is 34.1 Å². The SMILES string of the molecule is CC(C)NCc1cccc(Oc2ccc(F)cc2F)n1. The number of rotatable bonds is 5. The number of pyridine rings is 1. The van der Waals surface area contributed by atoms with E-state index < -0.39 is 11.6 Å². The van der Waals surface area contributed by atoms with Gasteiger partial charge in [-0.15, -0.1) is 0 Å². The molecule has 1 heterocycles. The van der Waals surface area contributed by atoms with E-state index in [1.165, 1.54) is 6.07 Å². The van der Waals surface area contributed by atoms with Gasteiger partial charge < -0.3 is 10.1 Å². The van der Waals surface area contributed by atoms with Crippen LogP contribution in [0, 0.1) is 11.6 Å². The molecule has 3 nitrogen and oxygen atoms in total. The smallest absolute Gasteiger partial charge is 0.219 e. The maximum Gasteiger partial charge on any atom is 0.219 e. The molecule has 0 saturated heterocycles. The molecular formula is C15H16F2N2O. The van der Waals surface area contributed by atoms with Gasteiger partial charge in [-0.3, -0.25) is 0 Å². The van der Waals surface area contributed by atoms with Crippen molar-refractivity contribution in [3.05, 3.63) is 53.7 Å². The number of aromatic nitrogens is 1. The molecule has 1 aromatic heterocycles. The molecule has 5 heteroatoms. The summed E-state index contributed by atoms with van der Waals surface area (Å²) in [7, 11) is 0. The molecule has 0 atom stereocenters. The molecule has 0 saturated carbocycles. The average Bonchev–Trinajstić information content (AvgIpc) is 2.40. The third-order valence-corrected chi connectivity index (χ3v) is 2.58. The summed E-state index contributed by atoms with van der Waals surface area (Å²) in [5.74, 6) is -1.17. The van der Waals surface area contributed by atoms with Crippen molar-refractivity contribution in [3.63, 3.8) is 0 Å². The third kappa shape index (κ3) is 3.99. The monoisotopic (exact) mass is 278 g/mol. The van der Waals surface area contributed by atoms with Crippen molar-refractivity contribution in [2.24, 2.45) is 0 Å². The molecule has 2 rings (SSSR count). The maximum absolute atomic E-state index is 13.5. The Morgan fingerprint density at radius 3 is 2.70 bits per heavy atom. The minimum Gasteiger partial charge on any atom is -0.436 e. The van der Waals surface area contributed by atoms with Gasteiger partial charge in [0.2, 0.25) is 5.88 Å². The summed E-state index contributed by atoms with van der Waals surface area (Å²) in [6.45, 7) is 4.67. The lowest BCUT2D eigenvalue weighted by molar-refractivity contribution is 0.421. The van der Waals surface area contributed by atoms with Crippen LogP contribution in [0.15, 0.2) is 36.4 Å². The standard InChI is InChI=1S/C15H16F2N2O/c1-10(2)18-9-12-4-3-5-15(19-12)20-14-7-6-11(16)8-13(14)17/h3-8,10,18H,9H2,1-2H3. The summed E-state index contributed by atoms with van der Waals surface area (Å²) in [5, 5.41) is 3.23. The van der Waals surface area contributed by atoms with Crippen LogP contribution in [-0.2, 0) is 6.54 Å². The first-order chi connectivity index (χ1) is 9.54. The van der Waals surface area contributed by atoms with E-state index in [-0.39, 0.29) is 11.6 Å². The van der Waals surface area contributed by atoms with Gasteiger partial charge in [-0.25, -0.2) is 13.8 Å². The molecule has 0 bridgehead atoms. The molecule has 1 aromatic carbocycles. The summed E-state index contributed by atoms with van der Waals surface area (Å²) in [5.41, 5.74) is 0.790. The van der Waals surface area contributed by atoms with Crippen LogP contribution in [0.2, 0.25) is 0 Å². The fourth-order valence-corrected chi connectivity index (χ4v) is 1.59. The van der Waals surface area contributed by atoms with E-state index >= 15 is 0 Å². The summed E-state index contributed by atoms with van der Waals surface area (Å²) < 4.78 is 31.6. The van der Waals surface area contributed by atoms with Gasteiger partial charge in [-0.2, -0.15) is 0 Å². The lowest BCUT2D eigenvalue weighted by Gasteiger charge is -2.09. The van der Waals surface area contributed by atoms with Crippen molar-refractivity contribution < 1.29 is 13.5 Å². The highest BCUT2D eigenvalue weighted by Gasteiger charge is 2.07. The minimum atomic E-state index is -0.752. The maximum atomic E-state index is 13.5. The Morgan fingerprint density at radius 1 is 1.20 bits per heavy atom. The van der Waals surface area contributed by atoms with Gasteiger partial charge >= 0.3 is 0 Å². The van der Waals surface area contributed by atoms with Crippen molar-refractivity contribution in [1.29, 1.82) is 0 Å². The fourth-order valence-electron chi connectivity index (χ4n) is 1.59. The van der Waals surface area contributed by atoms with E-state index in [2.05, 4.69) is 10.3 Å². The van der Waals surface area contributed by atoms with E-state index in [1.54, 1.807) is 12.1 Å². The molecule has 0 fully saturated rings. The van der Waals surface area contributed by atoms with Gasteiger partial charge in [0, 0.05) is 24.7 Å². The number of nitrogens with one attached hydrogen (secondary N) is 1. The van der Waals surface area contributed by atoms with E-state index in [4.69, 9.17) is 4.74 Å². The van der Waals surface area contributed by atoms with Gasteiger partial charge in [0.25, 0.3) is 0 Å². The van der Waals surface area contributed by atoms with Crippen LogP contribution in [0.1, 0.15) is 19.5 Å².